The van der Waals surface area contributed by atoms with Crippen LogP contribution in [0.1, 0.15) is 16.9 Å². The van der Waals surface area contributed by atoms with E-state index in [1.165, 1.54) is 15.9 Å². The number of hydrogen-bond donors (Lipinski definition) is 2. The van der Waals surface area contributed by atoms with E-state index in [9.17, 15) is 9.59 Å². The van der Waals surface area contributed by atoms with E-state index < -0.39 is 11.2 Å². The smallest absolute Gasteiger partial charge is 0.329 e. The first-order valence-electron chi connectivity index (χ1n) is 7.98. The lowest BCUT2D eigenvalue weighted by molar-refractivity contribution is 0.706. The Morgan fingerprint density at radius 2 is 2.00 bits per heavy atom. The van der Waals surface area contributed by atoms with E-state index in [1.807, 2.05) is 24.3 Å². The Morgan fingerprint density at radius 1 is 1.19 bits per heavy atom. The molecule has 3 aromatic heterocycles. The maximum atomic E-state index is 12.2. The van der Waals surface area contributed by atoms with Crippen LogP contribution in [0.15, 0.2) is 39.2 Å². The maximum absolute atomic E-state index is 12.2. The summed E-state index contributed by atoms with van der Waals surface area (Å²) in [5, 5.41) is 3.59. The summed E-state index contributed by atoms with van der Waals surface area (Å²) in [7, 11) is 0. The zero-order valence-corrected chi connectivity index (χ0v) is 15.5. The molecule has 0 atom stereocenters. The Hall–Kier alpha value is -2.78. The third-order valence-electron chi connectivity index (χ3n) is 4.00. The molecule has 3 heterocycles. The Balaban J connectivity index is 1.70. The van der Waals surface area contributed by atoms with E-state index >= 15 is 0 Å². The lowest BCUT2D eigenvalue weighted by atomic mass is 10.2. The summed E-state index contributed by atoms with van der Waals surface area (Å²) in [5.41, 5.74) is 6.69. The van der Waals surface area contributed by atoms with Crippen molar-refractivity contribution >= 4 is 38.7 Å². The molecule has 0 aliphatic rings. The van der Waals surface area contributed by atoms with Crippen molar-refractivity contribution in [1.29, 1.82) is 0 Å². The minimum atomic E-state index is -0.519. The van der Waals surface area contributed by atoms with Crippen LogP contribution in [0.4, 0.5) is 5.82 Å². The molecule has 9 heteroatoms. The molecule has 1 aromatic carbocycles. The minimum Gasteiger partial charge on any atom is -0.384 e. The average Bonchev–Trinajstić information content (AvgIpc) is 3.21. The van der Waals surface area contributed by atoms with E-state index in [-0.39, 0.29) is 11.4 Å². The molecule has 0 saturated heterocycles. The fourth-order valence-corrected chi connectivity index (χ4v) is 4.63. The van der Waals surface area contributed by atoms with Crippen molar-refractivity contribution < 1.29 is 0 Å². The number of nitrogens with two attached hydrogens (primary N) is 1. The molecule has 0 unspecified atom stereocenters. The van der Waals surface area contributed by atoms with Crippen LogP contribution in [-0.2, 0) is 13.0 Å². The van der Waals surface area contributed by atoms with Gasteiger partial charge >= 0.3 is 5.69 Å². The molecule has 0 radical (unpaired) electrons. The molecular formula is C17H15N5O2S2. The predicted octanol–water partition coefficient (Wildman–Crippen LogP) is 2.46. The lowest BCUT2D eigenvalue weighted by Crippen LogP contribution is -2.32. The highest BCUT2D eigenvalue weighted by atomic mass is 32.1. The van der Waals surface area contributed by atoms with Crippen LogP contribution < -0.4 is 17.0 Å². The summed E-state index contributed by atoms with van der Waals surface area (Å²) in [6.45, 7) is 2.16. The van der Waals surface area contributed by atoms with Crippen LogP contribution >= 0.6 is 22.7 Å². The first kappa shape index (κ1) is 16.7. The first-order valence-corrected chi connectivity index (χ1v) is 9.68. The Bertz CT molecular complexity index is 1180. The number of fused-ring (bicyclic) bond motifs is 1. The fourth-order valence-electron chi connectivity index (χ4n) is 2.78. The molecule has 0 aliphatic carbocycles. The van der Waals surface area contributed by atoms with Crippen LogP contribution in [0.3, 0.4) is 0 Å². The lowest BCUT2D eigenvalue weighted by Gasteiger charge is -2.08. The predicted molar refractivity (Wildman–Crippen MR) is 105 cm³/mol. The molecule has 0 amide bonds. The van der Waals surface area contributed by atoms with Crippen molar-refractivity contribution in [3.05, 3.63) is 60.5 Å². The third kappa shape index (κ3) is 2.85. The van der Waals surface area contributed by atoms with Gasteiger partial charge < -0.3 is 5.73 Å². The second-order valence-corrected chi connectivity index (χ2v) is 7.70. The zero-order valence-electron chi connectivity index (χ0n) is 13.9. The summed E-state index contributed by atoms with van der Waals surface area (Å²) in [5.74, 6) is 0.137. The molecule has 7 nitrogen and oxygen atoms in total. The van der Waals surface area contributed by atoms with Gasteiger partial charge in [0.2, 0.25) is 0 Å². The maximum Gasteiger partial charge on any atom is 0.329 e. The van der Waals surface area contributed by atoms with Crippen LogP contribution in [-0.4, -0.2) is 19.5 Å². The highest BCUT2D eigenvalue weighted by molar-refractivity contribution is 7.18. The molecule has 0 spiro atoms. The number of aromatic nitrogens is 4. The number of hydrogen-bond acceptors (Lipinski definition) is 7. The van der Waals surface area contributed by atoms with Crippen molar-refractivity contribution in [2.75, 3.05) is 5.73 Å². The number of rotatable bonds is 4. The number of benzene rings is 1. The molecule has 132 valence electrons. The van der Waals surface area contributed by atoms with Crippen molar-refractivity contribution in [2.45, 2.75) is 19.9 Å². The molecule has 26 heavy (non-hydrogen) atoms. The normalized spacial score (nSPS) is 11.3. The summed E-state index contributed by atoms with van der Waals surface area (Å²) < 4.78 is 2.46. The zero-order chi connectivity index (χ0) is 18.3. The van der Waals surface area contributed by atoms with Crippen LogP contribution in [0, 0.1) is 0 Å². The number of nitrogens with one attached hydrogen (secondary N) is 1. The summed E-state index contributed by atoms with van der Waals surface area (Å²) in [6, 6.07) is 7.98. The quantitative estimate of drug-likeness (QED) is 0.561. The minimum absolute atomic E-state index is 0.137. The van der Waals surface area contributed by atoms with Gasteiger partial charge in [-0.2, -0.15) is 0 Å². The van der Waals surface area contributed by atoms with Crippen molar-refractivity contribution in [1.82, 2.24) is 19.5 Å². The van der Waals surface area contributed by atoms with E-state index in [4.69, 9.17) is 5.73 Å². The van der Waals surface area contributed by atoms with Crippen LogP contribution in [0.2, 0.25) is 0 Å². The molecule has 3 N–H and O–H groups in total. The van der Waals surface area contributed by atoms with Gasteiger partial charge in [0, 0.05) is 11.9 Å². The SMILES string of the molecule is CCn1c(N)c(-c2csc(Cc3nc4ccccc4s3)n2)c(=O)[nH]c1=O. The summed E-state index contributed by atoms with van der Waals surface area (Å²) in [6.07, 6.45) is 0.592. The highest BCUT2D eigenvalue weighted by Gasteiger charge is 2.17. The number of H-pyrrole nitrogens is 1. The average molecular weight is 385 g/mol. The number of anilines is 1. The van der Waals surface area contributed by atoms with Crippen molar-refractivity contribution in [3.8, 4) is 11.3 Å². The van der Waals surface area contributed by atoms with Gasteiger partial charge in [-0.05, 0) is 19.1 Å². The number of thiazole rings is 2. The third-order valence-corrected chi connectivity index (χ3v) is 5.89. The van der Waals surface area contributed by atoms with Gasteiger partial charge in [0.05, 0.1) is 22.3 Å². The molecule has 4 rings (SSSR count). The second kappa shape index (κ2) is 6.50. The van der Waals surface area contributed by atoms with E-state index in [2.05, 4.69) is 15.0 Å². The van der Waals surface area contributed by atoms with Gasteiger partial charge in [-0.3, -0.25) is 14.3 Å². The van der Waals surface area contributed by atoms with Crippen LogP contribution in [0.25, 0.3) is 21.5 Å². The van der Waals surface area contributed by atoms with Crippen LogP contribution in [0.5, 0.6) is 0 Å². The monoisotopic (exact) mass is 385 g/mol. The molecule has 0 saturated carbocycles. The number of nitrogen functional groups attached to an aromatic ring is 1. The molecule has 0 bridgehead atoms. The van der Waals surface area contributed by atoms with E-state index in [0.29, 0.717) is 18.7 Å². The number of nitrogens with zero attached hydrogens (tertiary/aromatic N) is 3. The fraction of sp³-hybridized carbons (Fsp3) is 0.176. The highest BCUT2D eigenvalue weighted by Crippen LogP contribution is 2.27. The Kier molecular flexibility index (Phi) is 4.17. The molecular weight excluding hydrogens is 370 g/mol. The van der Waals surface area contributed by atoms with Gasteiger partial charge in [0.1, 0.15) is 21.4 Å². The van der Waals surface area contributed by atoms with Crippen molar-refractivity contribution in [2.24, 2.45) is 0 Å². The first-order chi connectivity index (χ1) is 12.6. The van der Waals surface area contributed by atoms with Gasteiger partial charge in [-0.1, -0.05) is 12.1 Å². The summed E-state index contributed by atoms with van der Waals surface area (Å²) in [4.78, 5) is 35.5. The van der Waals surface area contributed by atoms with Gasteiger partial charge in [0.25, 0.3) is 5.56 Å². The van der Waals surface area contributed by atoms with E-state index in [0.717, 1.165) is 20.2 Å². The topological polar surface area (TPSA) is 107 Å². The van der Waals surface area contributed by atoms with E-state index in [1.54, 1.807) is 23.6 Å². The number of aromatic amines is 1. The Morgan fingerprint density at radius 3 is 2.77 bits per heavy atom. The largest absolute Gasteiger partial charge is 0.384 e. The molecule has 0 fully saturated rings. The van der Waals surface area contributed by atoms with Crippen molar-refractivity contribution in [3.63, 3.8) is 0 Å². The number of para-hydroxylation sites is 1. The molecule has 4 aromatic rings. The second-order valence-electron chi connectivity index (χ2n) is 5.64. The Labute approximate surface area is 155 Å². The van der Waals surface area contributed by atoms with Gasteiger partial charge in [-0.15, -0.1) is 22.7 Å². The molecule has 0 aliphatic heterocycles. The van der Waals surface area contributed by atoms with Gasteiger partial charge in [-0.25, -0.2) is 14.8 Å². The summed E-state index contributed by atoms with van der Waals surface area (Å²) >= 11 is 3.07. The van der Waals surface area contributed by atoms with Gasteiger partial charge in [0.15, 0.2) is 0 Å². The standard InChI is InChI=1S/C17H15N5O2S2/c1-2-22-15(18)14(16(23)21-17(22)24)10-8-25-12(20-10)7-13-19-9-5-3-4-6-11(9)26-13/h3-6,8H,2,7,18H2,1H3,(H,21,23,24).